The molecule has 0 fully saturated rings. The number of pyridine rings is 1. The van der Waals surface area contributed by atoms with E-state index in [1.54, 1.807) is 0 Å². The molecule has 3 aromatic rings. The molecule has 4 rings (SSSR count). The summed E-state index contributed by atoms with van der Waals surface area (Å²) in [7, 11) is 0. The Kier molecular flexibility index (Phi) is 3.43. The minimum atomic E-state index is 0.471. The molecule has 0 aliphatic heterocycles. The topological polar surface area (TPSA) is 38.9 Å². The van der Waals surface area contributed by atoms with Gasteiger partial charge in [0.25, 0.3) is 0 Å². The van der Waals surface area contributed by atoms with Gasteiger partial charge in [0.05, 0.1) is 5.69 Å². The van der Waals surface area contributed by atoms with Crippen molar-refractivity contribution in [3.63, 3.8) is 0 Å². The highest BCUT2D eigenvalue weighted by Crippen LogP contribution is 2.34. The molecule has 0 spiro atoms. The van der Waals surface area contributed by atoms with Crippen molar-refractivity contribution >= 4 is 11.6 Å². The van der Waals surface area contributed by atoms with E-state index in [-0.39, 0.29) is 0 Å². The molecule has 3 nitrogen and oxygen atoms in total. The van der Waals surface area contributed by atoms with Crippen LogP contribution in [0.4, 0.5) is 0 Å². The van der Waals surface area contributed by atoms with Gasteiger partial charge >= 0.3 is 0 Å². The van der Waals surface area contributed by atoms with Crippen LogP contribution in [0.2, 0.25) is 5.02 Å². The van der Waals surface area contributed by atoms with Crippen LogP contribution in [-0.2, 0) is 12.8 Å². The Morgan fingerprint density at radius 3 is 2.95 bits per heavy atom. The molecule has 0 radical (unpaired) electrons. The second-order valence-corrected chi connectivity index (χ2v) is 6.06. The normalized spacial score (nSPS) is 17.2. The first-order valence-corrected chi connectivity index (χ1v) is 7.82. The summed E-state index contributed by atoms with van der Waals surface area (Å²) in [5, 5.41) is 0.696. The van der Waals surface area contributed by atoms with Gasteiger partial charge in [0.1, 0.15) is 5.76 Å². The van der Waals surface area contributed by atoms with Crippen molar-refractivity contribution in [1.29, 1.82) is 0 Å². The number of fused-ring (bicyclic) bond motifs is 1. The minimum Gasteiger partial charge on any atom is -0.441 e. The Bertz CT molecular complexity index is 798. The molecule has 0 amide bonds. The van der Waals surface area contributed by atoms with E-state index in [1.807, 2.05) is 42.7 Å². The van der Waals surface area contributed by atoms with E-state index in [0.717, 1.165) is 36.3 Å². The van der Waals surface area contributed by atoms with Crippen molar-refractivity contribution in [2.75, 3.05) is 0 Å². The molecule has 4 heteroatoms. The summed E-state index contributed by atoms with van der Waals surface area (Å²) < 4.78 is 5.95. The van der Waals surface area contributed by atoms with Crippen LogP contribution in [0.5, 0.6) is 0 Å². The zero-order valence-electron chi connectivity index (χ0n) is 12.0. The van der Waals surface area contributed by atoms with Gasteiger partial charge in [-0.1, -0.05) is 23.7 Å². The zero-order valence-corrected chi connectivity index (χ0v) is 12.8. The molecule has 1 unspecified atom stereocenters. The van der Waals surface area contributed by atoms with Crippen molar-refractivity contribution < 1.29 is 4.42 Å². The van der Waals surface area contributed by atoms with Gasteiger partial charge in [0.2, 0.25) is 5.89 Å². The van der Waals surface area contributed by atoms with Gasteiger partial charge in [-0.3, -0.25) is 4.98 Å². The molecule has 22 heavy (non-hydrogen) atoms. The standard InChI is InChI=1S/C18H15ClN2O/c19-15-5-1-3-13(9-15)18-21-16-10-12(6-7-17(16)22-18)14-4-2-8-20-11-14/h1-5,8-9,11-12H,6-7,10H2. The Hall–Kier alpha value is -2.13. The van der Waals surface area contributed by atoms with E-state index in [2.05, 4.69) is 11.1 Å². The van der Waals surface area contributed by atoms with E-state index in [1.165, 1.54) is 5.56 Å². The number of rotatable bonds is 2. The number of hydrogen-bond donors (Lipinski definition) is 0. The molecule has 2 heterocycles. The summed E-state index contributed by atoms with van der Waals surface area (Å²) in [5.74, 6) is 2.15. The molecule has 0 saturated heterocycles. The molecular formula is C18H15ClN2O. The summed E-state index contributed by atoms with van der Waals surface area (Å²) in [6.45, 7) is 0. The van der Waals surface area contributed by atoms with E-state index in [9.17, 15) is 0 Å². The molecular weight excluding hydrogens is 296 g/mol. The summed E-state index contributed by atoms with van der Waals surface area (Å²) in [4.78, 5) is 8.91. The van der Waals surface area contributed by atoms with Crippen molar-refractivity contribution in [3.05, 3.63) is 70.8 Å². The van der Waals surface area contributed by atoms with Gasteiger partial charge in [0.15, 0.2) is 0 Å². The molecule has 1 aliphatic carbocycles. The number of halogens is 1. The third-order valence-electron chi connectivity index (χ3n) is 4.17. The van der Waals surface area contributed by atoms with Gasteiger partial charge in [0, 0.05) is 35.8 Å². The van der Waals surface area contributed by atoms with Gasteiger partial charge in [-0.2, -0.15) is 0 Å². The lowest BCUT2D eigenvalue weighted by Crippen LogP contribution is -2.12. The first-order valence-electron chi connectivity index (χ1n) is 7.44. The number of aromatic nitrogens is 2. The van der Waals surface area contributed by atoms with Crippen LogP contribution >= 0.6 is 11.6 Å². The van der Waals surface area contributed by atoms with Gasteiger partial charge in [-0.25, -0.2) is 4.98 Å². The van der Waals surface area contributed by atoms with Crippen LogP contribution < -0.4 is 0 Å². The predicted octanol–water partition coefficient (Wildman–Crippen LogP) is 4.66. The van der Waals surface area contributed by atoms with E-state index < -0.39 is 0 Å². The first-order chi connectivity index (χ1) is 10.8. The number of aryl methyl sites for hydroxylation is 1. The zero-order chi connectivity index (χ0) is 14.9. The Labute approximate surface area is 134 Å². The maximum absolute atomic E-state index is 6.05. The maximum atomic E-state index is 6.05. The maximum Gasteiger partial charge on any atom is 0.226 e. The highest BCUT2D eigenvalue weighted by molar-refractivity contribution is 6.30. The van der Waals surface area contributed by atoms with Crippen LogP contribution in [0.1, 0.15) is 29.4 Å². The Morgan fingerprint density at radius 2 is 2.14 bits per heavy atom. The fourth-order valence-corrected chi connectivity index (χ4v) is 3.22. The summed E-state index contributed by atoms with van der Waals surface area (Å²) >= 11 is 6.05. The SMILES string of the molecule is Clc1cccc(-c2nc3c(o2)CCC(c2cccnc2)C3)c1. The summed E-state index contributed by atoms with van der Waals surface area (Å²) in [6.07, 6.45) is 6.66. The lowest BCUT2D eigenvalue weighted by atomic mass is 9.86. The van der Waals surface area contributed by atoms with Crippen molar-refractivity contribution in [2.24, 2.45) is 0 Å². The number of hydrogen-bond acceptors (Lipinski definition) is 3. The van der Waals surface area contributed by atoms with Crippen LogP contribution in [0.25, 0.3) is 11.5 Å². The predicted molar refractivity (Wildman–Crippen MR) is 86.0 cm³/mol. The highest BCUT2D eigenvalue weighted by Gasteiger charge is 2.25. The average Bonchev–Trinajstić information content (AvgIpc) is 2.99. The second-order valence-electron chi connectivity index (χ2n) is 5.63. The molecule has 2 aromatic heterocycles. The molecule has 0 bridgehead atoms. The van der Waals surface area contributed by atoms with Gasteiger partial charge < -0.3 is 4.42 Å². The quantitative estimate of drug-likeness (QED) is 0.691. The first kappa shape index (κ1) is 13.5. The van der Waals surface area contributed by atoms with Crippen molar-refractivity contribution in [2.45, 2.75) is 25.2 Å². The smallest absolute Gasteiger partial charge is 0.226 e. The minimum absolute atomic E-state index is 0.471. The lowest BCUT2D eigenvalue weighted by molar-refractivity contribution is 0.464. The molecule has 1 atom stereocenters. The largest absolute Gasteiger partial charge is 0.441 e. The van der Waals surface area contributed by atoms with Gasteiger partial charge in [-0.15, -0.1) is 0 Å². The highest BCUT2D eigenvalue weighted by atomic mass is 35.5. The number of benzene rings is 1. The fourth-order valence-electron chi connectivity index (χ4n) is 3.03. The molecule has 110 valence electrons. The summed E-state index contributed by atoms with van der Waals surface area (Å²) in [5.41, 5.74) is 3.27. The van der Waals surface area contributed by atoms with Crippen molar-refractivity contribution in [3.8, 4) is 11.5 Å². The molecule has 1 aromatic carbocycles. The third-order valence-corrected chi connectivity index (χ3v) is 4.40. The Balaban J connectivity index is 1.64. The molecule has 0 saturated carbocycles. The monoisotopic (exact) mass is 310 g/mol. The van der Waals surface area contributed by atoms with Crippen LogP contribution in [-0.4, -0.2) is 9.97 Å². The molecule has 0 N–H and O–H groups in total. The average molecular weight is 311 g/mol. The van der Waals surface area contributed by atoms with Crippen LogP contribution in [0, 0.1) is 0 Å². The fraction of sp³-hybridized carbons (Fsp3) is 0.222. The van der Waals surface area contributed by atoms with Crippen molar-refractivity contribution in [1.82, 2.24) is 9.97 Å². The number of oxazole rings is 1. The van der Waals surface area contributed by atoms with E-state index in [0.29, 0.717) is 16.8 Å². The number of nitrogens with zero attached hydrogens (tertiary/aromatic N) is 2. The summed E-state index contributed by atoms with van der Waals surface area (Å²) in [6, 6.07) is 11.8. The molecule has 1 aliphatic rings. The van der Waals surface area contributed by atoms with E-state index in [4.69, 9.17) is 21.0 Å². The van der Waals surface area contributed by atoms with E-state index >= 15 is 0 Å². The van der Waals surface area contributed by atoms with Crippen LogP contribution in [0.15, 0.2) is 53.2 Å². The van der Waals surface area contributed by atoms with Crippen LogP contribution in [0.3, 0.4) is 0 Å². The lowest BCUT2D eigenvalue weighted by Gasteiger charge is -2.19. The second kappa shape index (κ2) is 5.58. The van der Waals surface area contributed by atoms with Gasteiger partial charge in [-0.05, 0) is 42.2 Å². The Morgan fingerprint density at radius 1 is 1.18 bits per heavy atom. The third kappa shape index (κ3) is 2.53.